The number of aromatic hydroxyl groups is 2. The molecule has 1 fully saturated rings. The van der Waals surface area contributed by atoms with Gasteiger partial charge < -0.3 is 14.9 Å². The van der Waals surface area contributed by atoms with Gasteiger partial charge in [-0.1, -0.05) is 19.1 Å². The Morgan fingerprint density at radius 3 is 2.48 bits per heavy atom. The Morgan fingerprint density at radius 2 is 1.90 bits per heavy atom. The van der Waals surface area contributed by atoms with Gasteiger partial charge in [0.15, 0.2) is 5.78 Å². The van der Waals surface area contributed by atoms with Crippen LogP contribution in [0.25, 0.3) is 0 Å². The van der Waals surface area contributed by atoms with Gasteiger partial charge in [-0.25, -0.2) is 4.39 Å². The van der Waals surface area contributed by atoms with Crippen LogP contribution in [-0.2, 0) is 16.0 Å². The third-order valence-electron chi connectivity index (χ3n) is 5.61. The van der Waals surface area contributed by atoms with E-state index >= 15 is 0 Å². The second kappa shape index (κ2) is 8.64. The molecule has 0 saturated heterocycles. The van der Waals surface area contributed by atoms with Gasteiger partial charge in [0.25, 0.3) is 0 Å². The summed E-state index contributed by atoms with van der Waals surface area (Å²) in [4.78, 5) is 24.3. The number of methoxy groups -OCH3 is 1. The maximum absolute atomic E-state index is 13.8. The van der Waals surface area contributed by atoms with Gasteiger partial charge in [0, 0.05) is 12.5 Å². The van der Waals surface area contributed by atoms with Gasteiger partial charge in [0.2, 0.25) is 0 Å². The fourth-order valence-corrected chi connectivity index (χ4v) is 3.87. The van der Waals surface area contributed by atoms with E-state index in [9.17, 15) is 24.2 Å². The summed E-state index contributed by atoms with van der Waals surface area (Å²) < 4.78 is 18.7. The van der Waals surface area contributed by atoms with E-state index in [0.717, 1.165) is 24.5 Å². The zero-order valence-electron chi connectivity index (χ0n) is 16.5. The molecule has 5 nitrogen and oxygen atoms in total. The summed E-state index contributed by atoms with van der Waals surface area (Å²) in [7, 11) is 1.37. The summed E-state index contributed by atoms with van der Waals surface area (Å²) in [6.07, 6.45) is 2.37. The van der Waals surface area contributed by atoms with Crippen LogP contribution in [0.2, 0.25) is 0 Å². The fraction of sp³-hybridized carbons (Fsp3) is 0.391. The maximum atomic E-state index is 13.8. The molecule has 154 valence electrons. The molecule has 6 heteroatoms. The molecule has 1 aliphatic rings. The molecule has 29 heavy (non-hydrogen) atoms. The largest absolute Gasteiger partial charge is 0.508 e. The van der Waals surface area contributed by atoms with Crippen LogP contribution in [0.4, 0.5) is 4.39 Å². The third kappa shape index (κ3) is 4.75. The Kier molecular flexibility index (Phi) is 6.20. The van der Waals surface area contributed by atoms with Crippen molar-refractivity contribution >= 4 is 11.8 Å². The highest BCUT2D eigenvalue weighted by Crippen LogP contribution is 2.47. The molecule has 0 aromatic heterocycles. The van der Waals surface area contributed by atoms with E-state index in [2.05, 4.69) is 0 Å². The van der Waals surface area contributed by atoms with Crippen molar-refractivity contribution in [3.05, 3.63) is 58.9 Å². The highest BCUT2D eigenvalue weighted by molar-refractivity contribution is 5.96. The molecular formula is C23H25FO5. The number of esters is 1. The van der Waals surface area contributed by atoms with Crippen molar-refractivity contribution in [3.63, 3.8) is 0 Å². The molecule has 0 radical (unpaired) electrons. The predicted octanol–water partition coefficient (Wildman–Crippen LogP) is 4.36. The van der Waals surface area contributed by atoms with Crippen LogP contribution in [0.15, 0.2) is 36.4 Å². The highest BCUT2D eigenvalue weighted by Gasteiger charge is 2.39. The first-order valence-electron chi connectivity index (χ1n) is 9.73. The quantitative estimate of drug-likeness (QED) is 0.508. The van der Waals surface area contributed by atoms with Crippen LogP contribution in [-0.4, -0.2) is 29.1 Å². The minimum atomic E-state index is -0.765. The Hall–Kier alpha value is -2.89. The van der Waals surface area contributed by atoms with E-state index in [1.54, 1.807) is 12.1 Å². The molecule has 0 unspecified atom stereocenters. The summed E-state index contributed by atoms with van der Waals surface area (Å²) in [6.45, 7) is 1.84. The second-order valence-corrected chi connectivity index (χ2v) is 7.65. The van der Waals surface area contributed by atoms with Crippen LogP contribution < -0.4 is 0 Å². The summed E-state index contributed by atoms with van der Waals surface area (Å²) in [5, 5.41) is 19.7. The highest BCUT2D eigenvalue weighted by atomic mass is 19.1. The van der Waals surface area contributed by atoms with Gasteiger partial charge in [-0.05, 0) is 60.4 Å². The fourth-order valence-electron chi connectivity index (χ4n) is 3.87. The summed E-state index contributed by atoms with van der Waals surface area (Å²) in [6, 6.07) is 8.71. The Balaban J connectivity index is 1.72. The van der Waals surface area contributed by atoms with E-state index in [4.69, 9.17) is 4.74 Å². The topological polar surface area (TPSA) is 83.8 Å². The minimum Gasteiger partial charge on any atom is -0.508 e. The lowest BCUT2D eigenvalue weighted by Gasteiger charge is -2.23. The number of carbonyl (C=O) groups excluding carboxylic acids is 2. The minimum absolute atomic E-state index is 0.0184. The van der Waals surface area contributed by atoms with Crippen molar-refractivity contribution < 1.29 is 28.9 Å². The number of hydrogen-bond acceptors (Lipinski definition) is 5. The smallest absolute Gasteiger partial charge is 0.309 e. The van der Waals surface area contributed by atoms with E-state index in [1.165, 1.54) is 19.2 Å². The van der Waals surface area contributed by atoms with Gasteiger partial charge in [-0.3, -0.25) is 9.59 Å². The number of phenols is 2. The summed E-state index contributed by atoms with van der Waals surface area (Å²) >= 11 is 0. The van der Waals surface area contributed by atoms with Crippen LogP contribution >= 0.6 is 0 Å². The van der Waals surface area contributed by atoms with Crippen molar-refractivity contribution in [3.8, 4) is 11.5 Å². The van der Waals surface area contributed by atoms with E-state index < -0.39 is 11.6 Å². The lowest BCUT2D eigenvalue weighted by molar-refractivity contribution is -0.145. The van der Waals surface area contributed by atoms with Crippen LogP contribution in [0, 0.1) is 17.7 Å². The lowest BCUT2D eigenvalue weighted by Crippen LogP contribution is -2.22. The normalized spacial score (nSPS) is 15.6. The lowest BCUT2D eigenvalue weighted by atomic mass is 9.82. The van der Waals surface area contributed by atoms with Gasteiger partial charge in [-0.15, -0.1) is 0 Å². The first-order chi connectivity index (χ1) is 13.8. The monoisotopic (exact) mass is 400 g/mol. The standard InChI is InChI=1S/C23H25FO5/c1-13(23(28)29-2)22(15-4-5-15)16-6-3-14(21(27)11-16)7-10-20(26)18-9-8-17(25)12-19(18)24/h3,6,8-9,11-13,15,22,25,27H,4-5,7,10H2,1-2H3/t13-,22-/m0/s1. The average molecular weight is 400 g/mol. The third-order valence-corrected chi connectivity index (χ3v) is 5.61. The molecular weight excluding hydrogens is 375 g/mol. The Morgan fingerprint density at radius 1 is 1.17 bits per heavy atom. The number of halogens is 1. The molecule has 1 aliphatic carbocycles. The van der Waals surface area contributed by atoms with Gasteiger partial charge >= 0.3 is 5.97 Å². The molecule has 0 amide bonds. The molecule has 2 aromatic carbocycles. The molecule has 2 aromatic rings. The SMILES string of the molecule is COC(=O)[C@@H](C)[C@H](c1ccc(CCC(=O)c2ccc(O)cc2F)c(O)c1)C1CC1. The van der Waals surface area contributed by atoms with E-state index in [0.29, 0.717) is 11.5 Å². The average Bonchev–Trinajstić information content (AvgIpc) is 3.51. The van der Waals surface area contributed by atoms with E-state index in [1.807, 2.05) is 13.0 Å². The van der Waals surface area contributed by atoms with Crippen molar-refractivity contribution in [2.45, 2.75) is 38.5 Å². The number of rotatable bonds is 8. The number of benzene rings is 2. The van der Waals surface area contributed by atoms with Crippen molar-refractivity contribution in [2.24, 2.45) is 11.8 Å². The number of aryl methyl sites for hydroxylation is 1. The molecule has 0 bridgehead atoms. The molecule has 0 heterocycles. The number of hydrogen-bond donors (Lipinski definition) is 2. The second-order valence-electron chi connectivity index (χ2n) is 7.65. The zero-order chi connectivity index (χ0) is 21.1. The summed E-state index contributed by atoms with van der Waals surface area (Å²) in [5.41, 5.74) is 1.38. The Labute approximate surface area is 169 Å². The number of ether oxygens (including phenoxy) is 1. The molecule has 0 aliphatic heterocycles. The maximum Gasteiger partial charge on any atom is 0.309 e. The number of Topliss-reactive ketones (excluding diaryl/α,β-unsaturated/α-hetero) is 1. The first-order valence-corrected chi connectivity index (χ1v) is 9.73. The van der Waals surface area contributed by atoms with Crippen molar-refractivity contribution in [2.75, 3.05) is 7.11 Å². The summed E-state index contributed by atoms with van der Waals surface area (Å²) in [5.74, 6) is -1.55. The van der Waals surface area contributed by atoms with Crippen LogP contribution in [0.5, 0.6) is 11.5 Å². The number of carbonyl (C=O) groups is 2. The molecule has 0 spiro atoms. The number of ketones is 1. The Bertz CT molecular complexity index is 919. The van der Waals surface area contributed by atoms with Gasteiger partial charge in [0.05, 0.1) is 18.6 Å². The van der Waals surface area contributed by atoms with Crippen LogP contribution in [0.1, 0.15) is 53.6 Å². The van der Waals surface area contributed by atoms with Crippen LogP contribution in [0.3, 0.4) is 0 Å². The van der Waals surface area contributed by atoms with Crippen molar-refractivity contribution in [1.29, 1.82) is 0 Å². The number of phenolic OH excluding ortho intramolecular Hbond substituents is 2. The van der Waals surface area contributed by atoms with Crippen molar-refractivity contribution in [1.82, 2.24) is 0 Å². The molecule has 1 saturated carbocycles. The first kappa shape index (κ1) is 20.8. The molecule has 2 N–H and O–H groups in total. The van der Waals surface area contributed by atoms with Gasteiger partial charge in [-0.2, -0.15) is 0 Å². The molecule has 3 rings (SSSR count). The predicted molar refractivity (Wildman–Crippen MR) is 105 cm³/mol. The van der Waals surface area contributed by atoms with Gasteiger partial charge in [0.1, 0.15) is 17.3 Å². The zero-order valence-corrected chi connectivity index (χ0v) is 16.5. The molecule has 2 atom stereocenters. The van der Waals surface area contributed by atoms with E-state index in [-0.39, 0.29) is 47.7 Å².